The number of halogens is 1. The number of hydrogen-bond acceptors (Lipinski definition) is 5. The van der Waals surface area contributed by atoms with Gasteiger partial charge >= 0.3 is 6.09 Å². The number of fused-ring (bicyclic) bond motifs is 2. The van der Waals surface area contributed by atoms with E-state index in [4.69, 9.17) is 21.1 Å². The minimum Gasteiger partial charge on any atom is -0.444 e. The number of rotatable bonds is 1. The van der Waals surface area contributed by atoms with E-state index in [0.717, 1.165) is 17.2 Å². The number of likely N-dealkylation sites (tertiary alicyclic amines) is 1. The van der Waals surface area contributed by atoms with Gasteiger partial charge in [-0.15, -0.1) is 11.3 Å². The molecule has 0 saturated carbocycles. The third-order valence-electron chi connectivity index (χ3n) is 4.94. The van der Waals surface area contributed by atoms with E-state index in [1.807, 2.05) is 32.7 Å². The van der Waals surface area contributed by atoms with Crippen molar-refractivity contribution in [2.24, 2.45) is 0 Å². The fraction of sp³-hybridized carbons (Fsp3) is 0.722. The van der Waals surface area contributed by atoms with Crippen LogP contribution in [0.4, 0.5) is 4.79 Å². The molecule has 3 atom stereocenters. The number of carbonyl (C=O) groups excluding carboxylic acids is 1. The van der Waals surface area contributed by atoms with Crippen molar-refractivity contribution in [3.63, 3.8) is 0 Å². The normalized spacial score (nSPS) is 29.6. The largest absolute Gasteiger partial charge is 0.444 e. The molecule has 0 radical (unpaired) electrons. The molecule has 1 amide bonds. The summed E-state index contributed by atoms with van der Waals surface area (Å²) in [6.45, 7) is 8.98. The molecule has 1 aromatic heterocycles. The number of nitrogens with zero attached hydrogens (tertiary/aromatic N) is 1. The van der Waals surface area contributed by atoms with E-state index in [2.05, 4.69) is 18.3 Å². The Labute approximate surface area is 158 Å². The van der Waals surface area contributed by atoms with Crippen LogP contribution in [0.2, 0.25) is 4.34 Å². The van der Waals surface area contributed by atoms with Gasteiger partial charge in [-0.1, -0.05) is 11.6 Å². The number of likely N-dealkylation sites (N-methyl/N-ethyl adjacent to an activating group) is 1. The van der Waals surface area contributed by atoms with Crippen LogP contribution in [-0.4, -0.2) is 42.8 Å². The van der Waals surface area contributed by atoms with E-state index < -0.39 is 5.60 Å². The molecule has 1 spiro atoms. The van der Waals surface area contributed by atoms with E-state index >= 15 is 0 Å². The molecule has 1 N–H and O–H groups in total. The monoisotopic (exact) mass is 386 g/mol. The quantitative estimate of drug-likeness (QED) is 0.781. The van der Waals surface area contributed by atoms with Gasteiger partial charge in [-0.2, -0.15) is 0 Å². The number of nitrogens with one attached hydrogen (secondary N) is 1. The first-order valence-electron chi connectivity index (χ1n) is 8.76. The van der Waals surface area contributed by atoms with Gasteiger partial charge in [0.05, 0.1) is 17.0 Å². The predicted molar refractivity (Wildman–Crippen MR) is 100 cm³/mol. The molecule has 140 valence electrons. The van der Waals surface area contributed by atoms with E-state index in [1.54, 1.807) is 11.3 Å². The third-order valence-corrected chi connectivity index (χ3v) is 6.40. The van der Waals surface area contributed by atoms with Crippen molar-refractivity contribution in [1.29, 1.82) is 0 Å². The highest BCUT2D eigenvalue weighted by Gasteiger charge is 2.48. The van der Waals surface area contributed by atoms with Gasteiger partial charge in [0.2, 0.25) is 0 Å². The highest BCUT2D eigenvalue weighted by Crippen LogP contribution is 2.50. The first-order valence-corrected chi connectivity index (χ1v) is 9.95. The van der Waals surface area contributed by atoms with Gasteiger partial charge in [0, 0.05) is 23.9 Å². The van der Waals surface area contributed by atoms with Crippen molar-refractivity contribution in [3.8, 4) is 0 Å². The van der Waals surface area contributed by atoms with Gasteiger partial charge < -0.3 is 19.7 Å². The zero-order chi connectivity index (χ0) is 18.4. The summed E-state index contributed by atoms with van der Waals surface area (Å²) in [4.78, 5) is 15.5. The van der Waals surface area contributed by atoms with Crippen LogP contribution in [0.3, 0.4) is 0 Å². The molecule has 2 aliphatic rings. The Morgan fingerprint density at radius 2 is 2.24 bits per heavy atom. The lowest BCUT2D eigenvalue weighted by molar-refractivity contribution is -0.116. The Bertz CT molecular complexity index is 657. The van der Waals surface area contributed by atoms with Crippen molar-refractivity contribution < 1.29 is 14.3 Å². The molecular formula is C18H27ClN2O3S. The Hall–Kier alpha value is -0.820. The Morgan fingerprint density at radius 3 is 2.84 bits per heavy atom. The van der Waals surface area contributed by atoms with Crippen molar-refractivity contribution >= 4 is 29.0 Å². The van der Waals surface area contributed by atoms with Crippen LogP contribution in [-0.2, 0) is 15.1 Å². The van der Waals surface area contributed by atoms with Crippen molar-refractivity contribution in [1.82, 2.24) is 10.2 Å². The second kappa shape index (κ2) is 6.72. The Balaban J connectivity index is 1.81. The smallest absolute Gasteiger partial charge is 0.410 e. The topological polar surface area (TPSA) is 50.8 Å². The van der Waals surface area contributed by atoms with Crippen molar-refractivity contribution in [3.05, 3.63) is 20.8 Å². The minimum absolute atomic E-state index is 0.0449. The summed E-state index contributed by atoms with van der Waals surface area (Å²) in [5.74, 6) is 0. The SMILES string of the molecule is CNC1COC2(CCN(C(=O)OC(C)(C)C)C(C)C2)c2sc(Cl)cc21. The van der Waals surface area contributed by atoms with Gasteiger partial charge in [0.1, 0.15) is 11.2 Å². The molecule has 0 aliphatic carbocycles. The molecule has 3 heterocycles. The lowest BCUT2D eigenvalue weighted by Gasteiger charge is -2.48. The maximum atomic E-state index is 12.5. The third kappa shape index (κ3) is 3.68. The van der Waals surface area contributed by atoms with Gasteiger partial charge in [0.25, 0.3) is 0 Å². The minimum atomic E-state index is -0.484. The summed E-state index contributed by atoms with van der Waals surface area (Å²) < 4.78 is 12.7. The van der Waals surface area contributed by atoms with Crippen molar-refractivity contribution in [2.45, 2.75) is 63.8 Å². The summed E-state index contributed by atoms with van der Waals surface area (Å²) in [5, 5.41) is 3.30. The van der Waals surface area contributed by atoms with E-state index in [1.165, 1.54) is 10.4 Å². The summed E-state index contributed by atoms with van der Waals surface area (Å²) in [7, 11) is 1.94. The summed E-state index contributed by atoms with van der Waals surface area (Å²) in [6.07, 6.45) is 1.27. The molecule has 0 bridgehead atoms. The van der Waals surface area contributed by atoms with Crippen molar-refractivity contribution in [2.75, 3.05) is 20.2 Å². The summed E-state index contributed by atoms with van der Waals surface area (Å²) >= 11 is 7.92. The average molecular weight is 387 g/mol. The molecule has 1 saturated heterocycles. The lowest BCUT2D eigenvalue weighted by Crippen LogP contribution is -2.54. The second-order valence-corrected chi connectivity index (χ2v) is 9.64. The molecule has 1 aromatic rings. The summed E-state index contributed by atoms with van der Waals surface area (Å²) in [5.41, 5.74) is 0.404. The maximum Gasteiger partial charge on any atom is 0.410 e. The standard InChI is InChI=1S/C18H27ClN2O3S/c1-11-9-18(6-7-21(11)16(22)24-17(2,3)4)15-12(8-14(19)25-15)13(20-5)10-23-18/h8,11,13,20H,6-7,9-10H2,1-5H3. The Morgan fingerprint density at radius 1 is 1.52 bits per heavy atom. The first-order chi connectivity index (χ1) is 11.6. The molecule has 0 aromatic carbocycles. The molecule has 25 heavy (non-hydrogen) atoms. The number of piperidine rings is 1. The fourth-order valence-corrected chi connectivity index (χ4v) is 5.24. The summed E-state index contributed by atoms with van der Waals surface area (Å²) in [6, 6.07) is 2.27. The molecule has 1 fully saturated rings. The van der Waals surface area contributed by atoms with E-state index in [0.29, 0.717) is 13.2 Å². The van der Waals surface area contributed by atoms with Gasteiger partial charge in [-0.3, -0.25) is 0 Å². The predicted octanol–water partition coefficient (Wildman–Crippen LogP) is 4.31. The zero-order valence-electron chi connectivity index (χ0n) is 15.5. The van der Waals surface area contributed by atoms with Gasteiger partial charge in [0.15, 0.2) is 0 Å². The zero-order valence-corrected chi connectivity index (χ0v) is 17.1. The second-order valence-electron chi connectivity index (χ2n) is 7.96. The van der Waals surface area contributed by atoms with Crippen LogP contribution in [0, 0.1) is 0 Å². The molecule has 7 heteroatoms. The lowest BCUT2D eigenvalue weighted by atomic mass is 9.81. The number of ether oxygens (including phenoxy) is 2. The van der Waals surface area contributed by atoms with Crippen LogP contribution in [0.1, 0.15) is 57.0 Å². The van der Waals surface area contributed by atoms with Crippen LogP contribution >= 0.6 is 22.9 Å². The van der Waals surface area contributed by atoms with E-state index in [-0.39, 0.29) is 23.8 Å². The number of amides is 1. The average Bonchev–Trinajstić information content (AvgIpc) is 2.89. The highest BCUT2D eigenvalue weighted by molar-refractivity contribution is 7.16. The Kier molecular flexibility index (Phi) is 5.10. The van der Waals surface area contributed by atoms with Crippen LogP contribution < -0.4 is 5.32 Å². The van der Waals surface area contributed by atoms with Crippen LogP contribution in [0.5, 0.6) is 0 Å². The maximum absolute atomic E-state index is 12.5. The van der Waals surface area contributed by atoms with Gasteiger partial charge in [-0.05, 0) is 52.8 Å². The molecule has 3 unspecified atom stereocenters. The number of carbonyl (C=O) groups is 1. The highest BCUT2D eigenvalue weighted by atomic mass is 35.5. The van der Waals surface area contributed by atoms with Gasteiger partial charge in [-0.25, -0.2) is 4.79 Å². The molecule has 2 aliphatic heterocycles. The fourth-order valence-electron chi connectivity index (χ4n) is 3.77. The number of hydrogen-bond donors (Lipinski definition) is 1. The molecule has 3 rings (SSSR count). The molecule has 5 nitrogen and oxygen atoms in total. The van der Waals surface area contributed by atoms with E-state index in [9.17, 15) is 4.79 Å². The molecular weight excluding hydrogens is 360 g/mol. The first kappa shape index (κ1) is 19.0. The van der Waals surface area contributed by atoms with Crippen LogP contribution in [0.15, 0.2) is 6.07 Å². The number of thiophene rings is 1. The van der Waals surface area contributed by atoms with Crippen LogP contribution in [0.25, 0.3) is 0 Å².